The van der Waals surface area contributed by atoms with Crippen molar-refractivity contribution in [3.05, 3.63) is 137 Å². The number of hydrogen-bond acceptors (Lipinski definition) is 4. The quantitative estimate of drug-likeness (QED) is 0.203. The van der Waals surface area contributed by atoms with Crippen molar-refractivity contribution in [1.29, 1.82) is 0 Å². The molecule has 43 heavy (non-hydrogen) atoms. The molecule has 0 radical (unpaired) electrons. The van der Waals surface area contributed by atoms with E-state index in [1.807, 2.05) is 0 Å². The Balaban J connectivity index is 1.37. The molecule has 3 aliphatic rings. The summed E-state index contributed by atoms with van der Waals surface area (Å²) in [5.41, 5.74) is 9.68. The van der Waals surface area contributed by atoms with Crippen LogP contribution in [0.4, 0.5) is 0 Å². The van der Waals surface area contributed by atoms with E-state index in [4.69, 9.17) is 18.7 Å². The highest BCUT2D eigenvalue weighted by molar-refractivity contribution is 6.62. The van der Waals surface area contributed by atoms with E-state index in [1.165, 1.54) is 27.8 Å². The van der Waals surface area contributed by atoms with Gasteiger partial charge in [-0.2, -0.15) is 0 Å². The molecule has 1 atom stereocenters. The van der Waals surface area contributed by atoms with Crippen LogP contribution in [0, 0.1) is 0 Å². The van der Waals surface area contributed by atoms with E-state index in [9.17, 15) is 0 Å². The van der Waals surface area contributed by atoms with Crippen LogP contribution in [-0.4, -0.2) is 23.3 Å². The molecular formula is C38H34BNO3. The van der Waals surface area contributed by atoms with Crippen molar-refractivity contribution in [2.75, 3.05) is 0 Å². The van der Waals surface area contributed by atoms with Gasteiger partial charge in [-0.15, -0.1) is 0 Å². The van der Waals surface area contributed by atoms with E-state index < -0.39 is 23.7 Å². The monoisotopic (exact) mass is 563 g/mol. The predicted molar refractivity (Wildman–Crippen MR) is 173 cm³/mol. The summed E-state index contributed by atoms with van der Waals surface area (Å²) in [4.78, 5) is 4.88. The minimum absolute atomic E-state index is 0.422. The SMILES string of the molecule is CC1(C)OB(c2ccc3c(c2)C(c2ccccc2)(c2ccc4nc(C5=CC=CCC5)oc4c2)c2ccccc2-3)OC1(C)C. The predicted octanol–water partition coefficient (Wildman–Crippen LogP) is 8.22. The maximum Gasteiger partial charge on any atom is 0.494 e. The molecule has 5 heteroatoms. The lowest BCUT2D eigenvalue weighted by Gasteiger charge is -2.34. The lowest BCUT2D eigenvalue weighted by molar-refractivity contribution is 0.00578. The number of nitrogens with zero attached hydrogens (tertiary/aromatic N) is 1. The van der Waals surface area contributed by atoms with Crippen molar-refractivity contribution in [3.8, 4) is 11.1 Å². The molecule has 0 spiro atoms. The van der Waals surface area contributed by atoms with Gasteiger partial charge < -0.3 is 13.7 Å². The lowest BCUT2D eigenvalue weighted by atomic mass is 9.66. The Morgan fingerprint density at radius 3 is 2.23 bits per heavy atom. The third-order valence-corrected chi connectivity index (χ3v) is 9.91. The van der Waals surface area contributed by atoms with Crippen molar-refractivity contribution in [1.82, 2.24) is 4.98 Å². The average Bonchev–Trinajstić information content (AvgIpc) is 3.65. The third-order valence-electron chi connectivity index (χ3n) is 9.91. The van der Waals surface area contributed by atoms with Crippen LogP contribution in [0.2, 0.25) is 0 Å². The van der Waals surface area contributed by atoms with Crippen LogP contribution in [-0.2, 0) is 14.7 Å². The first-order valence-corrected chi connectivity index (χ1v) is 15.2. The number of aromatic nitrogens is 1. The fourth-order valence-corrected chi connectivity index (χ4v) is 6.98. The topological polar surface area (TPSA) is 44.5 Å². The molecule has 4 aromatic carbocycles. The van der Waals surface area contributed by atoms with Gasteiger partial charge >= 0.3 is 7.12 Å². The van der Waals surface area contributed by atoms with E-state index in [-0.39, 0.29) is 0 Å². The highest BCUT2D eigenvalue weighted by Gasteiger charge is 2.53. The number of fused-ring (bicyclic) bond motifs is 4. The Morgan fingerprint density at radius 1 is 0.721 bits per heavy atom. The second-order valence-corrected chi connectivity index (χ2v) is 12.9. The molecule has 0 saturated carbocycles. The van der Waals surface area contributed by atoms with Gasteiger partial charge in [0.1, 0.15) is 5.52 Å². The molecule has 4 nitrogen and oxygen atoms in total. The summed E-state index contributed by atoms with van der Waals surface area (Å²) in [6, 6.07) is 32.8. The zero-order valence-electron chi connectivity index (χ0n) is 25.1. The van der Waals surface area contributed by atoms with Gasteiger partial charge in [-0.1, -0.05) is 97.1 Å². The number of benzene rings is 4. The van der Waals surface area contributed by atoms with Crippen LogP contribution in [0.3, 0.4) is 0 Å². The molecule has 1 unspecified atom stereocenters. The van der Waals surface area contributed by atoms with Crippen LogP contribution >= 0.6 is 0 Å². The maximum absolute atomic E-state index is 6.53. The minimum Gasteiger partial charge on any atom is -0.436 e. The molecule has 1 aromatic heterocycles. The summed E-state index contributed by atoms with van der Waals surface area (Å²) in [6.45, 7) is 8.41. The first-order chi connectivity index (χ1) is 20.8. The largest absolute Gasteiger partial charge is 0.494 e. The van der Waals surface area contributed by atoms with Crippen LogP contribution in [0.15, 0.2) is 114 Å². The number of oxazole rings is 1. The molecule has 5 aromatic rings. The molecule has 0 amide bonds. The summed E-state index contributed by atoms with van der Waals surface area (Å²) in [5.74, 6) is 0.709. The van der Waals surface area contributed by atoms with E-state index in [0.29, 0.717) is 5.89 Å². The van der Waals surface area contributed by atoms with Gasteiger partial charge in [-0.05, 0) is 91.5 Å². The van der Waals surface area contributed by atoms with Crippen molar-refractivity contribution in [2.24, 2.45) is 0 Å². The zero-order chi connectivity index (χ0) is 29.4. The summed E-state index contributed by atoms with van der Waals surface area (Å²) < 4.78 is 19.5. The number of allylic oxidation sites excluding steroid dienone is 4. The number of rotatable bonds is 4. The standard InChI is InChI=1S/C38H34BNO3/c1-36(2)37(3,4)43-39(42-36)28-20-21-30-29-17-11-12-18-31(29)38(32(30)24-28,26-15-9-6-10-16-26)27-19-22-33-34(23-27)41-35(40-33)25-13-7-5-8-14-25/h5-7,9-13,15-24H,8,14H2,1-4H3. The Morgan fingerprint density at radius 2 is 1.47 bits per heavy atom. The first-order valence-electron chi connectivity index (χ1n) is 15.2. The molecule has 1 saturated heterocycles. The minimum atomic E-state index is -0.569. The third kappa shape index (κ3) is 3.88. The summed E-state index contributed by atoms with van der Waals surface area (Å²) in [7, 11) is -0.454. The Labute approximate surface area is 253 Å². The Kier molecular flexibility index (Phi) is 5.78. The zero-order valence-corrected chi connectivity index (χ0v) is 25.1. The summed E-state index contributed by atoms with van der Waals surface area (Å²) >= 11 is 0. The lowest BCUT2D eigenvalue weighted by Crippen LogP contribution is -2.41. The highest BCUT2D eigenvalue weighted by Crippen LogP contribution is 2.56. The molecule has 0 bridgehead atoms. The Hall–Kier alpha value is -4.19. The van der Waals surface area contributed by atoms with Gasteiger partial charge in [0, 0.05) is 5.57 Å². The van der Waals surface area contributed by atoms with Gasteiger partial charge in [0.25, 0.3) is 0 Å². The fraction of sp³-hybridized carbons (Fsp3) is 0.237. The molecule has 8 rings (SSSR count). The van der Waals surface area contributed by atoms with Crippen LogP contribution in [0.5, 0.6) is 0 Å². The van der Waals surface area contributed by atoms with Crippen molar-refractivity contribution in [2.45, 2.75) is 57.2 Å². The van der Waals surface area contributed by atoms with Gasteiger partial charge in [-0.3, -0.25) is 0 Å². The maximum atomic E-state index is 6.53. The first kappa shape index (κ1) is 26.4. The molecule has 1 fully saturated rings. The number of hydrogen-bond donors (Lipinski definition) is 0. The smallest absolute Gasteiger partial charge is 0.436 e. The average molecular weight is 564 g/mol. The fourth-order valence-electron chi connectivity index (χ4n) is 6.98. The molecule has 2 aliphatic carbocycles. The highest BCUT2D eigenvalue weighted by atomic mass is 16.7. The normalized spacial score (nSPS) is 21.6. The van der Waals surface area contributed by atoms with E-state index in [0.717, 1.165) is 40.5 Å². The van der Waals surface area contributed by atoms with Crippen molar-refractivity contribution >= 4 is 29.3 Å². The van der Waals surface area contributed by atoms with Crippen LogP contribution < -0.4 is 5.46 Å². The van der Waals surface area contributed by atoms with E-state index in [1.54, 1.807) is 0 Å². The summed E-state index contributed by atoms with van der Waals surface area (Å²) in [6.07, 6.45) is 8.33. The van der Waals surface area contributed by atoms with Gasteiger partial charge in [0.05, 0.1) is 16.6 Å². The molecule has 212 valence electrons. The van der Waals surface area contributed by atoms with Gasteiger partial charge in [-0.25, -0.2) is 4.98 Å². The second kappa shape index (κ2) is 9.41. The van der Waals surface area contributed by atoms with Crippen molar-refractivity contribution in [3.63, 3.8) is 0 Å². The summed E-state index contributed by atoms with van der Waals surface area (Å²) in [5, 5.41) is 0. The van der Waals surface area contributed by atoms with Crippen molar-refractivity contribution < 1.29 is 13.7 Å². The van der Waals surface area contributed by atoms with Gasteiger partial charge in [0.15, 0.2) is 5.58 Å². The van der Waals surface area contributed by atoms with Gasteiger partial charge in [0.2, 0.25) is 5.89 Å². The van der Waals surface area contributed by atoms with Crippen LogP contribution in [0.25, 0.3) is 27.8 Å². The Bertz CT molecular complexity index is 1930. The van der Waals surface area contributed by atoms with Crippen LogP contribution in [0.1, 0.15) is 68.7 Å². The molecule has 0 N–H and O–H groups in total. The molecular weight excluding hydrogens is 529 g/mol. The van der Waals surface area contributed by atoms with E-state index in [2.05, 4.69) is 137 Å². The second-order valence-electron chi connectivity index (χ2n) is 12.9. The molecule has 1 aliphatic heterocycles. The van der Waals surface area contributed by atoms with E-state index >= 15 is 0 Å². The molecule has 2 heterocycles.